The summed E-state index contributed by atoms with van der Waals surface area (Å²) < 4.78 is 4.84. The predicted molar refractivity (Wildman–Crippen MR) is 66.4 cm³/mol. The van der Waals surface area contributed by atoms with Gasteiger partial charge >= 0.3 is 5.97 Å². The molecule has 1 atom stereocenters. The van der Waals surface area contributed by atoms with E-state index in [1.807, 2.05) is 0 Å². The molecular weight excluding hydrogens is 262 g/mol. The van der Waals surface area contributed by atoms with Crippen LogP contribution in [0.2, 0.25) is 0 Å². The lowest BCUT2D eigenvalue weighted by Gasteiger charge is -2.06. The minimum absolute atomic E-state index is 0.116. The molecule has 0 amide bonds. The number of guanidine groups is 1. The number of nitrogens with one attached hydrogen (secondary N) is 2. The van der Waals surface area contributed by atoms with Gasteiger partial charge in [0.2, 0.25) is 0 Å². The SMILES string of the molecule is CCOC(=O)C1S/C(=N\C(=N)N[N+](=O)[O-])N=C1C. The van der Waals surface area contributed by atoms with Crippen LogP contribution >= 0.6 is 11.8 Å². The van der Waals surface area contributed by atoms with Gasteiger partial charge in [0.15, 0.2) is 10.2 Å². The fourth-order valence-electron chi connectivity index (χ4n) is 1.12. The van der Waals surface area contributed by atoms with E-state index >= 15 is 0 Å². The number of aliphatic imine (C=N–C) groups is 2. The van der Waals surface area contributed by atoms with Gasteiger partial charge in [0.1, 0.15) is 5.25 Å². The zero-order valence-electron chi connectivity index (χ0n) is 9.67. The van der Waals surface area contributed by atoms with Crippen LogP contribution in [-0.4, -0.2) is 39.7 Å². The van der Waals surface area contributed by atoms with Crippen molar-refractivity contribution in [1.82, 2.24) is 5.43 Å². The van der Waals surface area contributed by atoms with Crippen molar-refractivity contribution >= 4 is 34.6 Å². The van der Waals surface area contributed by atoms with Crippen LogP contribution in [-0.2, 0) is 9.53 Å². The molecule has 0 spiro atoms. The molecule has 1 unspecified atom stereocenters. The largest absolute Gasteiger partial charge is 0.465 e. The zero-order valence-corrected chi connectivity index (χ0v) is 10.5. The van der Waals surface area contributed by atoms with Crippen molar-refractivity contribution < 1.29 is 14.6 Å². The predicted octanol–water partition coefficient (Wildman–Crippen LogP) is 0.198. The third kappa shape index (κ3) is 3.80. The Bertz CT molecular complexity index is 447. The molecule has 0 radical (unpaired) electrons. The van der Waals surface area contributed by atoms with Crippen molar-refractivity contribution in [3.63, 3.8) is 0 Å². The molecule has 1 aliphatic rings. The van der Waals surface area contributed by atoms with E-state index in [9.17, 15) is 14.9 Å². The highest BCUT2D eigenvalue weighted by Gasteiger charge is 2.31. The molecule has 10 heteroatoms. The van der Waals surface area contributed by atoms with Crippen molar-refractivity contribution in [2.45, 2.75) is 19.1 Å². The van der Waals surface area contributed by atoms with Gasteiger partial charge in [-0.3, -0.25) is 10.2 Å². The fraction of sp³-hybridized carbons (Fsp3) is 0.500. The van der Waals surface area contributed by atoms with Gasteiger partial charge in [-0.2, -0.15) is 4.99 Å². The Morgan fingerprint density at radius 1 is 1.78 bits per heavy atom. The summed E-state index contributed by atoms with van der Waals surface area (Å²) in [6, 6.07) is 0. The molecule has 1 rings (SSSR count). The summed E-state index contributed by atoms with van der Waals surface area (Å²) in [6.07, 6.45) is 0. The Morgan fingerprint density at radius 2 is 2.44 bits per heavy atom. The molecule has 0 fully saturated rings. The maximum atomic E-state index is 11.5. The lowest BCUT2D eigenvalue weighted by atomic mass is 10.3. The van der Waals surface area contributed by atoms with Gasteiger partial charge in [-0.1, -0.05) is 17.2 Å². The average molecular weight is 273 g/mol. The lowest BCUT2D eigenvalue weighted by molar-refractivity contribution is -0.525. The van der Waals surface area contributed by atoms with Gasteiger partial charge in [0.05, 0.1) is 6.61 Å². The van der Waals surface area contributed by atoms with Crippen molar-refractivity contribution in [2.75, 3.05) is 6.61 Å². The van der Waals surface area contributed by atoms with Crippen molar-refractivity contribution in [2.24, 2.45) is 9.98 Å². The second kappa shape index (κ2) is 6.10. The van der Waals surface area contributed by atoms with Crippen LogP contribution in [0.15, 0.2) is 9.98 Å². The van der Waals surface area contributed by atoms with E-state index in [-0.39, 0.29) is 11.8 Å². The number of thioether (sulfide) groups is 1. The van der Waals surface area contributed by atoms with Gasteiger partial charge in [-0.15, -0.1) is 0 Å². The number of nitrogens with zero attached hydrogens (tertiary/aromatic N) is 3. The first kappa shape index (κ1) is 14.1. The van der Waals surface area contributed by atoms with Crippen LogP contribution in [0.4, 0.5) is 0 Å². The number of hydrazine groups is 1. The van der Waals surface area contributed by atoms with Crippen LogP contribution in [0.25, 0.3) is 0 Å². The van der Waals surface area contributed by atoms with Crippen LogP contribution < -0.4 is 5.43 Å². The number of carbonyl (C=O) groups is 1. The van der Waals surface area contributed by atoms with Crippen molar-refractivity contribution in [3.8, 4) is 0 Å². The van der Waals surface area contributed by atoms with Gasteiger partial charge in [-0.05, 0) is 13.8 Å². The van der Waals surface area contributed by atoms with E-state index in [0.717, 1.165) is 11.8 Å². The fourth-order valence-corrected chi connectivity index (χ4v) is 2.06. The number of esters is 1. The molecule has 9 nitrogen and oxygen atoms in total. The summed E-state index contributed by atoms with van der Waals surface area (Å²) in [5.74, 6) is -1.09. The van der Waals surface area contributed by atoms with Crippen LogP contribution in [0.5, 0.6) is 0 Å². The quantitative estimate of drug-likeness (QED) is 0.248. The first-order valence-electron chi connectivity index (χ1n) is 4.90. The van der Waals surface area contributed by atoms with E-state index in [0.29, 0.717) is 5.71 Å². The third-order valence-electron chi connectivity index (χ3n) is 1.78. The molecular formula is C8H11N5O4S. The number of hydrogen-bond donors (Lipinski definition) is 2. The first-order chi connectivity index (χ1) is 8.43. The summed E-state index contributed by atoms with van der Waals surface area (Å²) in [5.41, 5.74) is 2.06. The second-order valence-corrected chi connectivity index (χ2v) is 4.19. The summed E-state index contributed by atoms with van der Waals surface area (Å²) in [4.78, 5) is 29.1. The standard InChI is InChI=1S/C8H11N5O4S/c1-3-17-6(14)5-4(2)10-8(18-5)11-7(9)12-13(15)16/h5H,3H2,1-2H3,(H2,9,12)/b11-8-. The van der Waals surface area contributed by atoms with Crippen LogP contribution in [0, 0.1) is 15.5 Å². The van der Waals surface area contributed by atoms with Gasteiger partial charge in [-0.25, -0.2) is 15.1 Å². The molecule has 1 heterocycles. The Labute approximate surface area is 106 Å². The summed E-state index contributed by atoms with van der Waals surface area (Å²) in [5, 5.41) is 15.9. The van der Waals surface area contributed by atoms with Gasteiger partial charge < -0.3 is 4.74 Å². The van der Waals surface area contributed by atoms with Crippen LogP contribution in [0.1, 0.15) is 13.8 Å². The minimum atomic E-state index is -0.897. The highest BCUT2D eigenvalue weighted by molar-refractivity contribution is 8.16. The molecule has 2 N–H and O–H groups in total. The molecule has 0 bridgehead atoms. The lowest BCUT2D eigenvalue weighted by Crippen LogP contribution is -2.27. The molecule has 18 heavy (non-hydrogen) atoms. The summed E-state index contributed by atoms with van der Waals surface area (Å²) in [6.45, 7) is 3.58. The Hall–Kier alpha value is -1.97. The zero-order chi connectivity index (χ0) is 13.7. The Balaban J connectivity index is 2.69. The maximum Gasteiger partial charge on any atom is 0.325 e. The molecule has 1 aliphatic heterocycles. The van der Waals surface area contributed by atoms with E-state index in [1.165, 1.54) is 0 Å². The first-order valence-corrected chi connectivity index (χ1v) is 5.78. The maximum absolute atomic E-state index is 11.5. The van der Waals surface area contributed by atoms with E-state index < -0.39 is 22.2 Å². The number of amidine groups is 1. The van der Waals surface area contributed by atoms with Crippen LogP contribution in [0.3, 0.4) is 0 Å². The molecule has 0 aromatic rings. The normalized spacial score (nSPS) is 20.4. The number of rotatable bonds is 3. The van der Waals surface area contributed by atoms with E-state index in [2.05, 4.69) is 9.98 Å². The smallest absolute Gasteiger partial charge is 0.325 e. The second-order valence-electron chi connectivity index (χ2n) is 3.12. The van der Waals surface area contributed by atoms with E-state index in [4.69, 9.17) is 10.1 Å². The summed E-state index contributed by atoms with van der Waals surface area (Å²) >= 11 is 0.991. The van der Waals surface area contributed by atoms with Gasteiger partial charge in [0, 0.05) is 5.71 Å². The summed E-state index contributed by atoms with van der Waals surface area (Å²) in [7, 11) is 0. The molecule has 0 saturated heterocycles. The average Bonchev–Trinajstić information content (AvgIpc) is 2.58. The highest BCUT2D eigenvalue weighted by Crippen LogP contribution is 2.24. The minimum Gasteiger partial charge on any atom is -0.465 e. The monoisotopic (exact) mass is 273 g/mol. The Kier molecular flexibility index (Phi) is 4.77. The van der Waals surface area contributed by atoms with Crippen molar-refractivity contribution in [3.05, 3.63) is 10.1 Å². The number of ether oxygens (including phenoxy) is 1. The van der Waals surface area contributed by atoms with Gasteiger partial charge in [0.25, 0.3) is 5.96 Å². The topological polar surface area (TPSA) is 130 Å². The third-order valence-corrected chi connectivity index (χ3v) is 2.94. The number of carbonyl (C=O) groups excluding carboxylic acids is 1. The van der Waals surface area contributed by atoms with E-state index in [1.54, 1.807) is 19.3 Å². The molecule has 0 saturated carbocycles. The molecule has 0 aromatic carbocycles. The number of nitro groups is 1. The number of hydrogen-bond acceptors (Lipinski definition) is 6. The molecule has 0 aromatic heterocycles. The van der Waals surface area contributed by atoms with Crippen molar-refractivity contribution in [1.29, 1.82) is 5.41 Å². The molecule has 0 aliphatic carbocycles. The Morgan fingerprint density at radius 3 is 3.00 bits per heavy atom. The molecule has 98 valence electrons. The highest BCUT2D eigenvalue weighted by atomic mass is 32.2.